The maximum Gasteiger partial charge on any atom is 0.472 e. The lowest BCUT2D eigenvalue weighted by molar-refractivity contribution is -0.161. The summed E-state index contributed by atoms with van der Waals surface area (Å²) in [6.07, 6.45) is 27.4. The van der Waals surface area contributed by atoms with Crippen LogP contribution in [0.4, 0.5) is 0 Å². The largest absolute Gasteiger partial charge is 0.472 e. The van der Waals surface area contributed by atoms with E-state index in [0.717, 1.165) is 44.4 Å². The van der Waals surface area contributed by atoms with Crippen molar-refractivity contribution in [2.45, 2.75) is 174 Å². The quantitative estimate of drug-likeness (QED) is 0.0205. The second-order valence-corrected chi connectivity index (χ2v) is 16.7. The fourth-order valence-electron chi connectivity index (χ4n) is 6.25. The second-order valence-electron chi connectivity index (χ2n) is 15.3. The summed E-state index contributed by atoms with van der Waals surface area (Å²) < 4.78 is 32.7. The van der Waals surface area contributed by atoms with Gasteiger partial charge < -0.3 is 29.7 Å². The molecule has 0 aromatic carbocycles. The molecular formula is C43H75O12P. The summed E-state index contributed by atoms with van der Waals surface area (Å²) in [5, 5.41) is 28.5. The molecule has 0 saturated heterocycles. The minimum Gasteiger partial charge on any atom is -0.462 e. The Hall–Kier alpha value is -2.18. The molecule has 0 radical (unpaired) electrons. The summed E-state index contributed by atoms with van der Waals surface area (Å²) in [5.41, 5.74) is 0. The number of aliphatic hydroxyl groups excluding tert-OH is 3. The molecule has 0 aliphatic heterocycles. The number of hydrogen-bond acceptors (Lipinski definition) is 11. The van der Waals surface area contributed by atoms with Gasteiger partial charge >= 0.3 is 19.8 Å². The van der Waals surface area contributed by atoms with Crippen LogP contribution in [0.25, 0.3) is 0 Å². The van der Waals surface area contributed by atoms with Crippen LogP contribution in [0.3, 0.4) is 0 Å². The van der Waals surface area contributed by atoms with Gasteiger partial charge in [0.15, 0.2) is 11.9 Å². The van der Waals surface area contributed by atoms with Crippen molar-refractivity contribution >= 4 is 25.5 Å². The van der Waals surface area contributed by atoms with Crippen LogP contribution >= 0.6 is 7.82 Å². The monoisotopic (exact) mass is 814 g/mol. The van der Waals surface area contributed by atoms with Crippen LogP contribution in [0.5, 0.6) is 0 Å². The van der Waals surface area contributed by atoms with E-state index in [9.17, 15) is 34.1 Å². The van der Waals surface area contributed by atoms with Crippen molar-refractivity contribution in [3.63, 3.8) is 0 Å². The number of unbranched alkanes of at least 4 members (excludes halogenated alkanes) is 12. The normalized spacial score (nSPS) is 19.0. The molecule has 0 heterocycles. The van der Waals surface area contributed by atoms with Crippen LogP contribution in [0, 0.1) is 17.8 Å². The third-order valence-electron chi connectivity index (χ3n) is 10.1. The number of carbonyl (C=O) groups is 3. The van der Waals surface area contributed by atoms with Gasteiger partial charge in [0.25, 0.3) is 0 Å². The first-order chi connectivity index (χ1) is 26.9. The van der Waals surface area contributed by atoms with Gasteiger partial charge in [0.1, 0.15) is 12.7 Å². The van der Waals surface area contributed by atoms with Gasteiger partial charge in [-0.15, -0.1) is 0 Å². The van der Waals surface area contributed by atoms with Gasteiger partial charge in [0.2, 0.25) is 0 Å². The van der Waals surface area contributed by atoms with Gasteiger partial charge in [-0.1, -0.05) is 141 Å². The predicted molar refractivity (Wildman–Crippen MR) is 219 cm³/mol. The zero-order valence-corrected chi connectivity index (χ0v) is 35.5. The molecule has 0 saturated carbocycles. The number of hydrogen-bond donors (Lipinski definition) is 4. The Kier molecular flexibility index (Phi) is 30.3. The maximum absolute atomic E-state index is 12.6. The van der Waals surface area contributed by atoms with Gasteiger partial charge in [-0.05, 0) is 50.0 Å². The first-order valence-corrected chi connectivity index (χ1v) is 22.9. The van der Waals surface area contributed by atoms with E-state index in [2.05, 4.69) is 25.3 Å². The molecule has 13 heteroatoms. The smallest absolute Gasteiger partial charge is 0.462 e. The molecule has 1 aliphatic carbocycles. The van der Waals surface area contributed by atoms with Crippen LogP contribution in [-0.4, -0.2) is 82.7 Å². The minimum atomic E-state index is -4.66. The molecule has 12 nitrogen and oxygen atoms in total. The van der Waals surface area contributed by atoms with E-state index in [1.54, 1.807) is 12.2 Å². The van der Waals surface area contributed by atoms with E-state index in [-0.39, 0.29) is 37.1 Å². The Balaban J connectivity index is 2.45. The maximum atomic E-state index is 12.6. The summed E-state index contributed by atoms with van der Waals surface area (Å²) in [7, 11) is -4.66. The van der Waals surface area contributed by atoms with Crippen molar-refractivity contribution in [3.8, 4) is 0 Å². The van der Waals surface area contributed by atoms with Crippen molar-refractivity contribution in [3.05, 3.63) is 36.5 Å². The lowest BCUT2D eigenvalue weighted by atomic mass is 9.90. The number of allylic oxidation sites excluding steroid dienone is 5. The van der Waals surface area contributed by atoms with Crippen molar-refractivity contribution in [2.75, 3.05) is 26.4 Å². The van der Waals surface area contributed by atoms with Gasteiger partial charge in [-0.2, -0.15) is 0 Å². The molecule has 0 aromatic heterocycles. The Morgan fingerprint density at radius 3 is 2.11 bits per heavy atom. The lowest BCUT2D eigenvalue weighted by Gasteiger charge is -2.20. The Labute approximate surface area is 337 Å². The van der Waals surface area contributed by atoms with Crippen LogP contribution < -0.4 is 0 Å². The van der Waals surface area contributed by atoms with E-state index in [1.807, 2.05) is 24.3 Å². The second kappa shape index (κ2) is 32.7. The Morgan fingerprint density at radius 1 is 0.821 bits per heavy atom. The third kappa shape index (κ3) is 27.5. The van der Waals surface area contributed by atoms with Crippen molar-refractivity contribution in [1.82, 2.24) is 0 Å². The average molecular weight is 815 g/mol. The summed E-state index contributed by atoms with van der Waals surface area (Å²) >= 11 is 0. The molecule has 2 unspecified atom stereocenters. The number of phosphoric acid groups is 1. The molecule has 7 atom stereocenters. The molecule has 0 spiro atoms. The molecule has 0 fully saturated rings. The zero-order chi connectivity index (χ0) is 41.4. The van der Waals surface area contributed by atoms with Gasteiger partial charge in [0.05, 0.1) is 25.9 Å². The topological polar surface area (TPSA) is 186 Å². The molecular weight excluding hydrogens is 739 g/mol. The standard InChI is InChI=1S/C43H75O12P/c1-4-6-17-24-37(45)28-29-40-36(27-30-41(40)47)23-19-15-16-20-25-42(48)52-33-39(34-54-56(50,51)53-32-38(46)31-44)55-43(49)26-21-14-12-10-8-7-9-11-13-18-22-35(3)5-2/h15,19,27-30,35-40,44-46H,4-14,16-18,20-26,31-34H2,1-3H3,(H,50,51)/b19-15-,29-28+/t35?,36-,37-,38-,39+,40+/m0/s1. The van der Waals surface area contributed by atoms with E-state index < -0.39 is 57.9 Å². The molecule has 56 heavy (non-hydrogen) atoms. The number of aliphatic hydroxyl groups is 3. The fraction of sp³-hybridized carbons (Fsp3) is 0.791. The number of ether oxygens (including phenoxy) is 2. The van der Waals surface area contributed by atoms with Crippen molar-refractivity contribution in [1.29, 1.82) is 0 Å². The van der Waals surface area contributed by atoms with Gasteiger partial charge in [-0.3, -0.25) is 23.4 Å². The van der Waals surface area contributed by atoms with Gasteiger partial charge in [-0.25, -0.2) is 4.57 Å². The third-order valence-corrected chi connectivity index (χ3v) is 11.0. The van der Waals surface area contributed by atoms with E-state index >= 15 is 0 Å². The van der Waals surface area contributed by atoms with E-state index in [1.165, 1.54) is 51.4 Å². The molecule has 4 N–H and O–H groups in total. The fourth-order valence-corrected chi connectivity index (χ4v) is 7.04. The van der Waals surface area contributed by atoms with Crippen LogP contribution in [-0.2, 0) is 37.5 Å². The highest BCUT2D eigenvalue weighted by atomic mass is 31.2. The molecule has 0 aromatic rings. The van der Waals surface area contributed by atoms with Crippen LogP contribution in [0.2, 0.25) is 0 Å². The van der Waals surface area contributed by atoms with Gasteiger partial charge in [0, 0.05) is 18.8 Å². The molecule has 324 valence electrons. The van der Waals surface area contributed by atoms with Crippen molar-refractivity contribution in [2.24, 2.45) is 17.8 Å². The Morgan fingerprint density at radius 2 is 1.45 bits per heavy atom. The van der Waals surface area contributed by atoms with Crippen LogP contribution in [0.1, 0.15) is 156 Å². The molecule has 1 rings (SSSR count). The first kappa shape index (κ1) is 51.8. The minimum absolute atomic E-state index is 0.0119. The highest BCUT2D eigenvalue weighted by Gasteiger charge is 2.28. The van der Waals surface area contributed by atoms with E-state index in [0.29, 0.717) is 32.1 Å². The summed E-state index contributed by atoms with van der Waals surface area (Å²) in [4.78, 5) is 47.5. The first-order valence-electron chi connectivity index (χ1n) is 21.4. The SMILES string of the molecule is CCCCC[C@H](O)/C=C/[C@H]1C(=O)C=C[C@@H]1C/C=C\CCCC(=O)OC[C@H](COP(=O)(O)OC[C@@H](O)CO)OC(=O)CCCCCCCCCCCCC(C)CC. The number of esters is 2. The molecule has 1 aliphatic rings. The van der Waals surface area contributed by atoms with Crippen molar-refractivity contribution < 1.29 is 57.7 Å². The summed E-state index contributed by atoms with van der Waals surface area (Å²) in [6, 6.07) is 0. The zero-order valence-electron chi connectivity index (χ0n) is 34.6. The van der Waals surface area contributed by atoms with E-state index in [4.69, 9.17) is 19.1 Å². The number of phosphoric ester groups is 1. The number of carbonyl (C=O) groups excluding carboxylic acids is 3. The molecule has 0 bridgehead atoms. The highest BCUT2D eigenvalue weighted by Crippen LogP contribution is 2.43. The number of rotatable bonds is 36. The molecule has 0 amide bonds. The summed E-state index contributed by atoms with van der Waals surface area (Å²) in [6.45, 7) is 4.38. The highest BCUT2D eigenvalue weighted by molar-refractivity contribution is 7.47. The predicted octanol–water partition coefficient (Wildman–Crippen LogP) is 8.64. The Bertz CT molecular complexity index is 1190. The average Bonchev–Trinajstić information content (AvgIpc) is 3.53. The lowest BCUT2D eigenvalue weighted by Crippen LogP contribution is -2.29. The summed E-state index contributed by atoms with van der Waals surface area (Å²) in [5.74, 6) is -0.505. The number of ketones is 1. The van der Waals surface area contributed by atoms with Crippen LogP contribution in [0.15, 0.2) is 36.5 Å².